The van der Waals surface area contributed by atoms with E-state index < -0.39 is 0 Å². The molecule has 2 aromatic carbocycles. The number of hydrogen-bond acceptors (Lipinski definition) is 6. The minimum atomic E-state index is 0.109. The van der Waals surface area contributed by atoms with Crippen molar-refractivity contribution in [1.82, 2.24) is 9.80 Å². The van der Waals surface area contributed by atoms with E-state index >= 15 is 0 Å². The highest BCUT2D eigenvalue weighted by molar-refractivity contribution is 5.84. The zero-order valence-electron chi connectivity index (χ0n) is 19.8. The van der Waals surface area contributed by atoms with Crippen molar-refractivity contribution in [2.24, 2.45) is 0 Å². The van der Waals surface area contributed by atoms with E-state index in [1.165, 1.54) is 0 Å². The molecule has 2 heterocycles. The van der Waals surface area contributed by atoms with Gasteiger partial charge in [0.15, 0.2) is 11.5 Å². The van der Waals surface area contributed by atoms with Gasteiger partial charge in [-0.15, -0.1) is 0 Å². The summed E-state index contributed by atoms with van der Waals surface area (Å²) < 4.78 is 16.3. The molecule has 0 bridgehead atoms. The van der Waals surface area contributed by atoms with E-state index in [0.29, 0.717) is 24.5 Å². The molecule has 33 heavy (non-hydrogen) atoms. The van der Waals surface area contributed by atoms with E-state index in [4.69, 9.17) is 14.2 Å². The topological polar surface area (TPSA) is 54.5 Å². The van der Waals surface area contributed by atoms with Crippen molar-refractivity contribution in [3.8, 4) is 17.2 Å². The van der Waals surface area contributed by atoms with Crippen LogP contribution in [0.25, 0.3) is 6.08 Å². The number of amides is 1. The highest BCUT2D eigenvalue weighted by Crippen LogP contribution is 2.33. The lowest BCUT2D eigenvalue weighted by molar-refractivity contribution is -0.127. The van der Waals surface area contributed by atoms with Crippen LogP contribution >= 0.6 is 0 Å². The third kappa shape index (κ3) is 5.25. The Balaban J connectivity index is 1.28. The van der Waals surface area contributed by atoms with E-state index in [0.717, 1.165) is 61.7 Å². The Labute approximate surface area is 196 Å². The zero-order chi connectivity index (χ0) is 23.2. The minimum absolute atomic E-state index is 0.109. The number of fused-ring (bicyclic) bond motifs is 1. The summed E-state index contributed by atoms with van der Waals surface area (Å²) in [4.78, 5) is 19.5. The fraction of sp³-hybridized carbons (Fsp3) is 0.423. The van der Waals surface area contributed by atoms with Gasteiger partial charge in [-0.2, -0.15) is 0 Å². The lowest BCUT2D eigenvalue weighted by atomic mass is 10.0. The first-order chi connectivity index (χ1) is 16.1. The quantitative estimate of drug-likeness (QED) is 0.614. The van der Waals surface area contributed by atoms with Crippen molar-refractivity contribution in [2.45, 2.75) is 12.8 Å². The summed E-state index contributed by atoms with van der Waals surface area (Å²) in [5.74, 6) is 2.36. The molecule has 1 amide bonds. The lowest BCUT2D eigenvalue weighted by Crippen LogP contribution is -2.47. The molecule has 176 valence electrons. The molecule has 4 rings (SSSR count). The number of carbonyl (C=O) groups is 1. The van der Waals surface area contributed by atoms with Crippen molar-refractivity contribution >= 4 is 17.7 Å². The summed E-state index contributed by atoms with van der Waals surface area (Å²) in [5, 5.41) is 0. The van der Waals surface area contributed by atoms with Gasteiger partial charge in [0.05, 0.1) is 33.4 Å². The molecule has 2 aliphatic rings. The minimum Gasteiger partial charge on any atom is -0.495 e. The Morgan fingerprint density at radius 2 is 1.55 bits per heavy atom. The molecule has 0 aromatic heterocycles. The molecule has 2 aromatic rings. The average molecular weight is 452 g/mol. The van der Waals surface area contributed by atoms with E-state index in [1.54, 1.807) is 21.3 Å². The lowest BCUT2D eigenvalue weighted by Gasteiger charge is -2.36. The summed E-state index contributed by atoms with van der Waals surface area (Å²) >= 11 is 0. The van der Waals surface area contributed by atoms with Crippen molar-refractivity contribution in [3.63, 3.8) is 0 Å². The second-order valence-corrected chi connectivity index (χ2v) is 8.34. The normalized spacial score (nSPS) is 16.4. The molecule has 1 fully saturated rings. The Bertz CT molecular complexity index is 999. The zero-order valence-corrected chi connectivity index (χ0v) is 19.8. The number of piperazine rings is 1. The van der Waals surface area contributed by atoms with E-state index in [9.17, 15) is 4.79 Å². The van der Waals surface area contributed by atoms with Crippen molar-refractivity contribution in [1.29, 1.82) is 0 Å². The number of benzene rings is 2. The SMILES string of the molecule is COc1cc2c(cc1OC)CC(=O)N(CCCN1CCN(c3ccccc3OC)CC1)C=C2. The Kier molecular flexibility index (Phi) is 7.40. The number of rotatable bonds is 8. The van der Waals surface area contributed by atoms with Crippen LogP contribution in [0.5, 0.6) is 17.2 Å². The van der Waals surface area contributed by atoms with Gasteiger partial charge in [0.2, 0.25) is 5.91 Å². The van der Waals surface area contributed by atoms with Gasteiger partial charge in [-0.3, -0.25) is 9.69 Å². The van der Waals surface area contributed by atoms with Gasteiger partial charge in [0, 0.05) is 38.9 Å². The molecule has 0 N–H and O–H groups in total. The Hall–Kier alpha value is -3.19. The maximum Gasteiger partial charge on any atom is 0.230 e. The highest BCUT2D eigenvalue weighted by Gasteiger charge is 2.21. The van der Waals surface area contributed by atoms with Crippen LogP contribution in [-0.4, -0.2) is 76.3 Å². The third-order valence-electron chi connectivity index (χ3n) is 6.41. The van der Waals surface area contributed by atoms with Crippen molar-refractivity contribution in [2.75, 3.05) is 65.5 Å². The van der Waals surface area contributed by atoms with Crippen LogP contribution < -0.4 is 19.1 Å². The third-order valence-corrected chi connectivity index (χ3v) is 6.41. The molecule has 0 atom stereocenters. The molecular formula is C26H33N3O4. The number of anilines is 1. The maximum absolute atomic E-state index is 12.8. The fourth-order valence-corrected chi connectivity index (χ4v) is 4.53. The summed E-state index contributed by atoms with van der Waals surface area (Å²) in [6.45, 7) is 5.65. The van der Waals surface area contributed by atoms with E-state index in [1.807, 2.05) is 41.4 Å². The first-order valence-corrected chi connectivity index (χ1v) is 11.5. The molecule has 0 saturated carbocycles. The second-order valence-electron chi connectivity index (χ2n) is 8.34. The van der Waals surface area contributed by atoms with Crippen molar-refractivity contribution in [3.05, 3.63) is 53.7 Å². The Morgan fingerprint density at radius 1 is 0.848 bits per heavy atom. The van der Waals surface area contributed by atoms with Crippen LogP contribution in [-0.2, 0) is 11.2 Å². The first-order valence-electron chi connectivity index (χ1n) is 11.5. The number of nitrogens with zero attached hydrogens (tertiary/aromatic N) is 3. The van der Waals surface area contributed by atoms with Crippen LogP contribution in [0.15, 0.2) is 42.6 Å². The van der Waals surface area contributed by atoms with Gasteiger partial charge in [0.1, 0.15) is 5.75 Å². The van der Waals surface area contributed by atoms with Crippen LogP contribution in [0.3, 0.4) is 0 Å². The predicted molar refractivity (Wildman–Crippen MR) is 130 cm³/mol. The number of ether oxygens (including phenoxy) is 3. The molecular weight excluding hydrogens is 418 g/mol. The van der Waals surface area contributed by atoms with Crippen LogP contribution in [0.4, 0.5) is 5.69 Å². The first kappa shape index (κ1) is 23.0. The van der Waals surface area contributed by atoms with E-state index in [2.05, 4.69) is 21.9 Å². The Morgan fingerprint density at radius 3 is 2.27 bits per heavy atom. The molecule has 0 spiro atoms. The van der Waals surface area contributed by atoms with Gasteiger partial charge in [-0.05, 0) is 54.4 Å². The number of para-hydroxylation sites is 2. The number of methoxy groups -OCH3 is 3. The molecule has 2 aliphatic heterocycles. The van der Waals surface area contributed by atoms with Crippen molar-refractivity contribution < 1.29 is 19.0 Å². The second kappa shape index (κ2) is 10.6. The standard InChI is InChI=1S/C26H33N3O4/c1-31-23-8-5-4-7-22(23)28-15-13-27(14-16-28)10-6-11-29-12-9-20-17-24(32-2)25(33-3)18-21(20)19-26(29)30/h4-5,7-9,12,17-18H,6,10-11,13-16,19H2,1-3H3. The van der Waals surface area contributed by atoms with Gasteiger partial charge < -0.3 is 24.0 Å². The highest BCUT2D eigenvalue weighted by atomic mass is 16.5. The van der Waals surface area contributed by atoms with Gasteiger partial charge in [0.25, 0.3) is 0 Å². The summed E-state index contributed by atoms with van der Waals surface area (Å²) in [6.07, 6.45) is 5.20. The summed E-state index contributed by atoms with van der Waals surface area (Å²) in [5.41, 5.74) is 3.12. The van der Waals surface area contributed by atoms with Gasteiger partial charge in [-0.1, -0.05) is 12.1 Å². The maximum atomic E-state index is 12.8. The van der Waals surface area contributed by atoms with Crippen LogP contribution in [0, 0.1) is 0 Å². The smallest absolute Gasteiger partial charge is 0.230 e. The molecule has 0 aliphatic carbocycles. The molecule has 1 saturated heterocycles. The number of carbonyl (C=O) groups excluding carboxylic acids is 1. The molecule has 0 unspecified atom stereocenters. The largest absolute Gasteiger partial charge is 0.495 e. The van der Waals surface area contributed by atoms with Gasteiger partial charge in [-0.25, -0.2) is 0 Å². The van der Waals surface area contributed by atoms with E-state index in [-0.39, 0.29) is 5.91 Å². The summed E-state index contributed by atoms with van der Waals surface area (Å²) in [6, 6.07) is 12.0. The monoisotopic (exact) mass is 451 g/mol. The molecule has 7 nitrogen and oxygen atoms in total. The number of hydrogen-bond donors (Lipinski definition) is 0. The summed E-state index contributed by atoms with van der Waals surface area (Å²) in [7, 11) is 4.96. The fourth-order valence-electron chi connectivity index (χ4n) is 4.53. The molecule has 0 radical (unpaired) electrons. The molecule has 7 heteroatoms. The van der Waals surface area contributed by atoms with Crippen LogP contribution in [0.1, 0.15) is 17.5 Å². The predicted octanol–water partition coefficient (Wildman–Crippen LogP) is 3.28. The van der Waals surface area contributed by atoms with Crippen LogP contribution in [0.2, 0.25) is 0 Å². The average Bonchev–Trinajstić information content (AvgIpc) is 3.01. The van der Waals surface area contributed by atoms with Gasteiger partial charge >= 0.3 is 0 Å².